The van der Waals surface area contributed by atoms with Gasteiger partial charge in [-0.05, 0) is 18.2 Å². The molecule has 9 heteroatoms. The van der Waals surface area contributed by atoms with E-state index in [-0.39, 0.29) is 22.3 Å². The van der Waals surface area contributed by atoms with Crippen molar-refractivity contribution < 1.29 is 17.6 Å². The van der Waals surface area contributed by atoms with Crippen molar-refractivity contribution in [3.8, 4) is 0 Å². The third-order valence-electron chi connectivity index (χ3n) is 2.19. The molecule has 0 aliphatic heterocycles. The molecule has 2 rings (SSSR count). The zero-order valence-electron chi connectivity index (χ0n) is 9.67. The highest BCUT2D eigenvalue weighted by Gasteiger charge is 2.35. The molecule has 3 N–H and O–H groups in total. The molecular formula is C11H7ClF4N4. The number of aromatic nitrogens is 2. The van der Waals surface area contributed by atoms with Crippen molar-refractivity contribution in [3.63, 3.8) is 0 Å². The molecule has 20 heavy (non-hydrogen) atoms. The summed E-state index contributed by atoms with van der Waals surface area (Å²) in [6.07, 6.45) is -4.75. The Kier molecular flexibility index (Phi) is 3.67. The number of nitrogens with one attached hydrogen (secondary N) is 1. The van der Waals surface area contributed by atoms with Crippen LogP contribution in [0.2, 0.25) is 5.02 Å². The quantitative estimate of drug-likeness (QED) is 0.832. The summed E-state index contributed by atoms with van der Waals surface area (Å²) in [5.74, 6) is -2.80. The van der Waals surface area contributed by atoms with Gasteiger partial charge in [0.15, 0.2) is 0 Å². The van der Waals surface area contributed by atoms with Gasteiger partial charge in [0.2, 0.25) is 5.82 Å². The summed E-state index contributed by atoms with van der Waals surface area (Å²) in [4.78, 5) is 6.31. The van der Waals surface area contributed by atoms with Gasteiger partial charge in [-0.3, -0.25) is 0 Å². The van der Waals surface area contributed by atoms with E-state index >= 15 is 0 Å². The monoisotopic (exact) mass is 306 g/mol. The second-order valence-corrected chi connectivity index (χ2v) is 4.19. The first kappa shape index (κ1) is 14.3. The first-order valence-corrected chi connectivity index (χ1v) is 5.57. The molecule has 0 bridgehead atoms. The van der Waals surface area contributed by atoms with Crippen LogP contribution in [0.25, 0.3) is 0 Å². The number of benzene rings is 1. The van der Waals surface area contributed by atoms with Crippen molar-refractivity contribution in [1.82, 2.24) is 9.97 Å². The van der Waals surface area contributed by atoms with Crippen LogP contribution in [0.5, 0.6) is 0 Å². The Morgan fingerprint density at radius 3 is 2.45 bits per heavy atom. The lowest BCUT2D eigenvalue weighted by atomic mass is 10.3. The molecule has 0 radical (unpaired) electrons. The average Bonchev–Trinajstić information content (AvgIpc) is 2.31. The number of hydrogen-bond donors (Lipinski definition) is 2. The van der Waals surface area contributed by atoms with Gasteiger partial charge in [0, 0.05) is 11.1 Å². The Labute approximate surface area is 115 Å². The van der Waals surface area contributed by atoms with Crippen molar-refractivity contribution in [2.24, 2.45) is 0 Å². The van der Waals surface area contributed by atoms with E-state index in [0.717, 1.165) is 12.1 Å². The van der Waals surface area contributed by atoms with Gasteiger partial charge in [0.05, 0.1) is 5.69 Å². The lowest BCUT2D eigenvalue weighted by Crippen LogP contribution is -2.13. The zero-order valence-corrected chi connectivity index (χ0v) is 10.4. The van der Waals surface area contributed by atoms with Crippen LogP contribution in [-0.2, 0) is 6.18 Å². The minimum absolute atomic E-state index is 0.0828. The van der Waals surface area contributed by atoms with Gasteiger partial charge in [-0.2, -0.15) is 13.2 Å². The molecule has 0 aliphatic rings. The minimum Gasteiger partial charge on any atom is -0.384 e. The highest BCUT2D eigenvalue weighted by atomic mass is 35.5. The zero-order chi connectivity index (χ0) is 14.9. The number of alkyl halides is 3. The Hall–Kier alpha value is -2.09. The smallest absolute Gasteiger partial charge is 0.384 e. The molecule has 1 aromatic heterocycles. The molecular weight excluding hydrogens is 300 g/mol. The SMILES string of the molecule is Nc1cc(Nc2ccc(Cl)cc2F)nc(C(F)(F)F)n1. The second kappa shape index (κ2) is 5.12. The molecule has 1 aromatic carbocycles. The van der Waals surface area contributed by atoms with Gasteiger partial charge in [-0.1, -0.05) is 11.6 Å². The summed E-state index contributed by atoms with van der Waals surface area (Å²) in [6.45, 7) is 0. The lowest BCUT2D eigenvalue weighted by Gasteiger charge is -2.10. The van der Waals surface area contributed by atoms with Gasteiger partial charge in [0.1, 0.15) is 17.5 Å². The molecule has 0 spiro atoms. The standard InChI is InChI=1S/C11H7ClF4N4/c12-5-1-2-7(6(13)3-5)18-9-4-8(17)19-10(20-9)11(14,15)16/h1-4H,(H3,17,18,19,20). The summed E-state index contributed by atoms with van der Waals surface area (Å²) in [5.41, 5.74) is 5.18. The molecule has 0 fully saturated rings. The third-order valence-corrected chi connectivity index (χ3v) is 2.43. The Bertz CT molecular complexity index is 645. The van der Waals surface area contributed by atoms with Crippen molar-refractivity contribution >= 4 is 28.9 Å². The van der Waals surface area contributed by atoms with Gasteiger partial charge >= 0.3 is 6.18 Å². The van der Waals surface area contributed by atoms with E-state index in [2.05, 4.69) is 15.3 Å². The molecule has 4 nitrogen and oxygen atoms in total. The molecule has 0 amide bonds. The van der Waals surface area contributed by atoms with Crippen LogP contribution in [0.4, 0.5) is 34.9 Å². The number of nitrogens with zero attached hydrogens (tertiary/aromatic N) is 2. The summed E-state index contributed by atoms with van der Waals surface area (Å²) < 4.78 is 51.1. The van der Waals surface area contributed by atoms with Crippen LogP contribution in [-0.4, -0.2) is 9.97 Å². The summed E-state index contributed by atoms with van der Waals surface area (Å²) in [5, 5.41) is 2.55. The molecule has 106 valence electrons. The average molecular weight is 307 g/mol. The summed E-state index contributed by atoms with van der Waals surface area (Å²) >= 11 is 5.57. The molecule has 1 heterocycles. The van der Waals surface area contributed by atoms with E-state index in [9.17, 15) is 17.6 Å². The topological polar surface area (TPSA) is 63.8 Å². The van der Waals surface area contributed by atoms with Crippen LogP contribution in [0, 0.1) is 5.82 Å². The van der Waals surface area contributed by atoms with Gasteiger partial charge in [-0.15, -0.1) is 0 Å². The largest absolute Gasteiger partial charge is 0.451 e. The molecule has 0 aliphatic carbocycles. The van der Waals surface area contributed by atoms with Crippen molar-refractivity contribution in [2.45, 2.75) is 6.18 Å². The first-order valence-electron chi connectivity index (χ1n) is 5.19. The predicted octanol–water partition coefficient (Wildman–Crippen LogP) is 3.61. The van der Waals surface area contributed by atoms with Crippen LogP contribution < -0.4 is 11.1 Å². The van der Waals surface area contributed by atoms with E-state index in [1.807, 2.05) is 0 Å². The van der Waals surface area contributed by atoms with Crippen LogP contribution >= 0.6 is 11.6 Å². The summed E-state index contributed by atoms with van der Waals surface area (Å²) in [7, 11) is 0. The van der Waals surface area contributed by atoms with E-state index in [4.69, 9.17) is 17.3 Å². The van der Waals surface area contributed by atoms with Gasteiger partial charge < -0.3 is 11.1 Å². The van der Waals surface area contributed by atoms with E-state index in [1.165, 1.54) is 12.1 Å². The normalized spacial score (nSPS) is 11.4. The highest BCUT2D eigenvalue weighted by Crippen LogP contribution is 2.29. The minimum atomic E-state index is -4.75. The first-order chi connectivity index (χ1) is 9.25. The fourth-order valence-corrected chi connectivity index (χ4v) is 1.54. The molecule has 0 atom stereocenters. The third kappa shape index (κ3) is 3.27. The van der Waals surface area contributed by atoms with Crippen LogP contribution in [0.3, 0.4) is 0 Å². The fourth-order valence-electron chi connectivity index (χ4n) is 1.39. The molecule has 0 saturated carbocycles. The molecule has 0 saturated heterocycles. The molecule has 2 aromatic rings. The number of rotatable bonds is 2. The highest BCUT2D eigenvalue weighted by molar-refractivity contribution is 6.30. The lowest BCUT2D eigenvalue weighted by molar-refractivity contribution is -0.144. The van der Waals surface area contributed by atoms with Crippen molar-refractivity contribution in [3.05, 3.63) is 40.9 Å². The second-order valence-electron chi connectivity index (χ2n) is 3.75. The van der Waals surface area contributed by atoms with E-state index < -0.39 is 17.8 Å². The van der Waals surface area contributed by atoms with Gasteiger partial charge in [-0.25, -0.2) is 14.4 Å². The number of hydrogen-bond acceptors (Lipinski definition) is 4. The van der Waals surface area contributed by atoms with Crippen LogP contribution in [0.1, 0.15) is 5.82 Å². The number of nitrogen functional groups attached to an aromatic ring is 1. The fraction of sp³-hybridized carbons (Fsp3) is 0.0909. The van der Waals surface area contributed by atoms with E-state index in [0.29, 0.717) is 0 Å². The maximum atomic E-state index is 13.5. The number of anilines is 3. The Morgan fingerprint density at radius 1 is 1.15 bits per heavy atom. The predicted molar refractivity (Wildman–Crippen MR) is 66.1 cm³/mol. The Balaban J connectivity index is 2.36. The number of halogens is 5. The van der Waals surface area contributed by atoms with Gasteiger partial charge in [0.25, 0.3) is 0 Å². The molecule has 0 unspecified atom stereocenters. The number of nitrogens with two attached hydrogens (primary N) is 1. The Morgan fingerprint density at radius 2 is 1.85 bits per heavy atom. The van der Waals surface area contributed by atoms with Crippen molar-refractivity contribution in [2.75, 3.05) is 11.1 Å². The maximum absolute atomic E-state index is 13.5. The van der Waals surface area contributed by atoms with Crippen molar-refractivity contribution in [1.29, 1.82) is 0 Å². The van der Waals surface area contributed by atoms with Crippen LogP contribution in [0.15, 0.2) is 24.3 Å². The maximum Gasteiger partial charge on any atom is 0.451 e. The van der Waals surface area contributed by atoms with E-state index in [1.54, 1.807) is 0 Å². The summed E-state index contributed by atoms with van der Waals surface area (Å²) in [6, 6.07) is 4.72.